The summed E-state index contributed by atoms with van der Waals surface area (Å²) in [5.74, 6) is -0.457. The Morgan fingerprint density at radius 3 is 2.50 bits per heavy atom. The quantitative estimate of drug-likeness (QED) is 0.705. The van der Waals surface area contributed by atoms with Crippen molar-refractivity contribution in [2.75, 3.05) is 13.7 Å². The Morgan fingerprint density at radius 2 is 1.83 bits per heavy atom. The molecule has 0 heterocycles. The van der Waals surface area contributed by atoms with Crippen LogP contribution in [0.4, 0.5) is 0 Å². The topological polar surface area (TPSA) is 46.6 Å². The summed E-state index contributed by atoms with van der Waals surface area (Å²) < 4.78 is 5.82. The zero-order valence-electron chi connectivity index (χ0n) is 13.8. The van der Waals surface area contributed by atoms with Crippen molar-refractivity contribution in [1.82, 2.24) is 4.90 Å². The van der Waals surface area contributed by atoms with E-state index in [2.05, 4.69) is 15.9 Å². The van der Waals surface area contributed by atoms with Crippen LogP contribution in [0.2, 0.25) is 0 Å². The van der Waals surface area contributed by atoms with E-state index in [1.165, 1.54) is 0 Å². The van der Waals surface area contributed by atoms with E-state index in [1.54, 1.807) is 37.1 Å². The van der Waals surface area contributed by atoms with Gasteiger partial charge in [0.1, 0.15) is 0 Å². The van der Waals surface area contributed by atoms with Crippen molar-refractivity contribution in [1.29, 1.82) is 0 Å². The number of hydrogen-bond acceptors (Lipinski definition) is 3. The Labute approximate surface area is 150 Å². The smallest absolute Gasteiger partial charge is 0.310 e. The van der Waals surface area contributed by atoms with E-state index >= 15 is 0 Å². The highest BCUT2D eigenvalue weighted by Crippen LogP contribution is 2.20. The molecule has 1 amide bonds. The molecule has 0 saturated carbocycles. The minimum atomic E-state index is -0.338. The van der Waals surface area contributed by atoms with Crippen LogP contribution in [0.3, 0.4) is 0 Å². The van der Waals surface area contributed by atoms with Crippen LogP contribution in [-0.4, -0.2) is 30.4 Å². The lowest BCUT2D eigenvalue weighted by Crippen LogP contribution is -2.27. The third kappa shape index (κ3) is 4.93. The summed E-state index contributed by atoms with van der Waals surface area (Å²) in [5, 5.41) is 0. The Morgan fingerprint density at radius 1 is 1.12 bits per heavy atom. The molecule has 0 fully saturated rings. The van der Waals surface area contributed by atoms with Crippen molar-refractivity contribution >= 4 is 27.8 Å². The Kier molecular flexibility index (Phi) is 6.55. The number of benzene rings is 2. The lowest BCUT2D eigenvalue weighted by atomic mass is 10.0. The minimum Gasteiger partial charge on any atom is -0.466 e. The number of hydrogen-bond donors (Lipinski definition) is 0. The van der Waals surface area contributed by atoms with Crippen LogP contribution in [0, 0.1) is 0 Å². The molecular weight excluding hydrogens is 370 g/mol. The summed E-state index contributed by atoms with van der Waals surface area (Å²) in [6.45, 7) is 2.59. The Bertz CT molecular complexity index is 716. The predicted molar refractivity (Wildman–Crippen MR) is 96.7 cm³/mol. The molecule has 0 aliphatic carbocycles. The molecule has 0 saturated heterocycles. The summed E-state index contributed by atoms with van der Waals surface area (Å²) in [5.41, 5.74) is 2.23. The fourth-order valence-electron chi connectivity index (χ4n) is 2.42. The van der Waals surface area contributed by atoms with Crippen LogP contribution < -0.4 is 0 Å². The molecule has 0 radical (unpaired) electrons. The molecule has 2 rings (SSSR count). The molecule has 0 aromatic heterocycles. The maximum Gasteiger partial charge on any atom is 0.310 e. The van der Waals surface area contributed by atoms with E-state index in [-0.39, 0.29) is 18.3 Å². The number of nitrogens with zero attached hydrogens (tertiary/aromatic N) is 1. The molecule has 4 nitrogen and oxygen atoms in total. The van der Waals surface area contributed by atoms with E-state index in [0.29, 0.717) is 24.3 Å². The van der Waals surface area contributed by atoms with Gasteiger partial charge >= 0.3 is 5.97 Å². The van der Waals surface area contributed by atoms with Crippen molar-refractivity contribution in [3.63, 3.8) is 0 Å². The SMILES string of the molecule is CCOC(=O)Cc1cc(Br)ccc1C(=O)N(C)Cc1ccccc1. The fourth-order valence-corrected chi connectivity index (χ4v) is 2.83. The van der Waals surface area contributed by atoms with Gasteiger partial charge in [0.05, 0.1) is 13.0 Å². The van der Waals surface area contributed by atoms with Gasteiger partial charge in [-0.05, 0) is 36.2 Å². The molecule has 2 aromatic carbocycles. The monoisotopic (exact) mass is 389 g/mol. The van der Waals surface area contributed by atoms with Gasteiger partial charge in [0, 0.05) is 23.6 Å². The van der Waals surface area contributed by atoms with Gasteiger partial charge in [-0.15, -0.1) is 0 Å². The van der Waals surface area contributed by atoms with E-state index in [4.69, 9.17) is 4.74 Å². The molecule has 2 aromatic rings. The van der Waals surface area contributed by atoms with Crippen molar-refractivity contribution in [2.45, 2.75) is 19.9 Å². The van der Waals surface area contributed by atoms with Crippen molar-refractivity contribution in [2.24, 2.45) is 0 Å². The highest BCUT2D eigenvalue weighted by atomic mass is 79.9. The first-order valence-corrected chi connectivity index (χ1v) is 8.54. The van der Waals surface area contributed by atoms with Gasteiger partial charge in [-0.25, -0.2) is 0 Å². The number of rotatable bonds is 6. The number of carbonyl (C=O) groups is 2. The summed E-state index contributed by atoms with van der Waals surface area (Å²) in [7, 11) is 1.76. The molecular formula is C19H20BrNO3. The minimum absolute atomic E-state index is 0.0769. The second-order valence-electron chi connectivity index (χ2n) is 5.43. The van der Waals surface area contributed by atoms with Gasteiger partial charge in [0.2, 0.25) is 0 Å². The number of esters is 1. The zero-order chi connectivity index (χ0) is 17.5. The first kappa shape index (κ1) is 18.2. The highest BCUT2D eigenvalue weighted by Gasteiger charge is 2.18. The van der Waals surface area contributed by atoms with Crippen LogP contribution in [0.5, 0.6) is 0 Å². The molecule has 0 unspecified atom stereocenters. The van der Waals surface area contributed by atoms with Gasteiger partial charge < -0.3 is 9.64 Å². The Hall–Kier alpha value is -2.14. The van der Waals surface area contributed by atoms with Gasteiger partial charge in [0.15, 0.2) is 0 Å². The lowest BCUT2D eigenvalue weighted by molar-refractivity contribution is -0.142. The summed E-state index contributed by atoms with van der Waals surface area (Å²) in [6, 6.07) is 15.1. The van der Waals surface area contributed by atoms with Crippen molar-refractivity contribution in [3.8, 4) is 0 Å². The average Bonchev–Trinajstić information content (AvgIpc) is 2.55. The van der Waals surface area contributed by atoms with Gasteiger partial charge in [-0.3, -0.25) is 9.59 Å². The number of carbonyl (C=O) groups excluding carboxylic acids is 2. The second-order valence-corrected chi connectivity index (χ2v) is 6.35. The van der Waals surface area contributed by atoms with Crippen LogP contribution in [-0.2, 0) is 22.5 Å². The molecule has 5 heteroatoms. The molecule has 0 aliphatic heterocycles. The van der Waals surface area contributed by atoms with E-state index in [9.17, 15) is 9.59 Å². The molecule has 126 valence electrons. The maximum atomic E-state index is 12.8. The third-order valence-corrected chi connectivity index (χ3v) is 4.04. The van der Waals surface area contributed by atoms with Crippen LogP contribution in [0.25, 0.3) is 0 Å². The molecule has 24 heavy (non-hydrogen) atoms. The molecule has 0 bridgehead atoms. The normalized spacial score (nSPS) is 10.3. The van der Waals surface area contributed by atoms with Gasteiger partial charge in [-0.1, -0.05) is 46.3 Å². The second kappa shape index (κ2) is 8.64. The fraction of sp³-hybridized carbons (Fsp3) is 0.263. The summed E-state index contributed by atoms with van der Waals surface area (Å²) >= 11 is 3.39. The largest absolute Gasteiger partial charge is 0.466 e. The molecule has 0 atom stereocenters. The zero-order valence-corrected chi connectivity index (χ0v) is 15.4. The Balaban J connectivity index is 2.20. The van der Waals surface area contributed by atoms with Crippen LogP contribution in [0.1, 0.15) is 28.4 Å². The van der Waals surface area contributed by atoms with Gasteiger partial charge in [-0.2, -0.15) is 0 Å². The average molecular weight is 390 g/mol. The first-order chi connectivity index (χ1) is 11.5. The molecule has 0 spiro atoms. The van der Waals surface area contributed by atoms with Crippen molar-refractivity contribution in [3.05, 3.63) is 69.7 Å². The van der Waals surface area contributed by atoms with Crippen molar-refractivity contribution < 1.29 is 14.3 Å². The number of amides is 1. The van der Waals surface area contributed by atoms with Crippen LogP contribution in [0.15, 0.2) is 53.0 Å². The molecule has 0 N–H and O–H groups in total. The standard InChI is InChI=1S/C19H20BrNO3/c1-3-24-18(22)12-15-11-16(20)9-10-17(15)19(23)21(2)13-14-7-5-4-6-8-14/h4-11H,3,12-13H2,1-2H3. The summed E-state index contributed by atoms with van der Waals surface area (Å²) in [4.78, 5) is 26.2. The number of halogens is 1. The van der Waals surface area contributed by atoms with E-state index in [1.807, 2.05) is 30.3 Å². The predicted octanol–water partition coefficient (Wildman–Crippen LogP) is 3.83. The molecule has 0 aliphatic rings. The van der Waals surface area contributed by atoms with E-state index < -0.39 is 0 Å². The lowest BCUT2D eigenvalue weighted by Gasteiger charge is -2.19. The summed E-state index contributed by atoms with van der Waals surface area (Å²) in [6.07, 6.45) is 0.0769. The van der Waals surface area contributed by atoms with Crippen LogP contribution >= 0.6 is 15.9 Å². The van der Waals surface area contributed by atoms with E-state index in [0.717, 1.165) is 10.0 Å². The first-order valence-electron chi connectivity index (χ1n) is 7.74. The van der Waals surface area contributed by atoms with Gasteiger partial charge in [0.25, 0.3) is 5.91 Å². The number of ether oxygens (including phenoxy) is 1. The third-order valence-electron chi connectivity index (χ3n) is 3.55. The highest BCUT2D eigenvalue weighted by molar-refractivity contribution is 9.10. The maximum absolute atomic E-state index is 12.8.